The summed E-state index contributed by atoms with van der Waals surface area (Å²) < 4.78 is 13.3. The van der Waals surface area contributed by atoms with E-state index in [1.807, 2.05) is 0 Å². The molecule has 2 aromatic rings. The van der Waals surface area contributed by atoms with E-state index in [1.165, 1.54) is 23.2 Å². The molecule has 1 saturated heterocycles. The molecule has 1 amide bonds. The van der Waals surface area contributed by atoms with E-state index in [0.29, 0.717) is 29.4 Å². The molecule has 0 aliphatic carbocycles. The lowest BCUT2D eigenvalue weighted by Gasteiger charge is -2.20. The highest BCUT2D eigenvalue weighted by Crippen LogP contribution is 2.31. The van der Waals surface area contributed by atoms with Gasteiger partial charge in [-0.1, -0.05) is 0 Å². The summed E-state index contributed by atoms with van der Waals surface area (Å²) in [5.41, 5.74) is 0.0361. The maximum Gasteiger partial charge on any atom is 0.311 e. The molecule has 5 nitrogen and oxygen atoms in total. The number of carbonyl (C=O) groups is 2. The molecule has 1 atom stereocenters. The molecule has 1 aromatic heterocycles. The molecular formula is C16H15FN2O3. The Bertz CT molecular complexity index is 777. The maximum absolute atomic E-state index is 13.3. The Balaban J connectivity index is 1.88. The van der Waals surface area contributed by atoms with Crippen LogP contribution in [-0.2, 0) is 4.79 Å². The van der Waals surface area contributed by atoms with E-state index in [9.17, 15) is 19.1 Å². The van der Waals surface area contributed by atoms with E-state index in [1.54, 1.807) is 19.1 Å². The molecule has 1 aliphatic heterocycles. The molecule has 3 rings (SSSR count). The molecule has 1 aromatic carbocycles. The van der Waals surface area contributed by atoms with Crippen LogP contribution < -0.4 is 0 Å². The first kappa shape index (κ1) is 14.4. The van der Waals surface area contributed by atoms with Crippen LogP contribution in [0.3, 0.4) is 0 Å². The van der Waals surface area contributed by atoms with Crippen molar-refractivity contribution in [1.82, 2.24) is 9.88 Å². The number of amides is 1. The number of carboxylic acids is 1. The Morgan fingerprint density at radius 1 is 1.36 bits per heavy atom. The fraction of sp³-hybridized carbons (Fsp3) is 0.312. The number of hydrogen-bond donors (Lipinski definition) is 1. The van der Waals surface area contributed by atoms with Gasteiger partial charge in [0.2, 0.25) is 0 Å². The predicted octanol–water partition coefficient (Wildman–Crippen LogP) is 2.31. The molecule has 22 heavy (non-hydrogen) atoms. The second kappa shape index (κ2) is 5.05. The molecule has 1 N–H and O–H groups in total. The molecule has 1 aliphatic rings. The third kappa shape index (κ3) is 2.41. The fourth-order valence-electron chi connectivity index (χ4n) is 2.71. The Kier molecular flexibility index (Phi) is 3.31. The van der Waals surface area contributed by atoms with Gasteiger partial charge in [0, 0.05) is 24.7 Å². The molecule has 6 heteroatoms. The van der Waals surface area contributed by atoms with Crippen molar-refractivity contribution >= 4 is 22.8 Å². The first-order chi connectivity index (χ1) is 10.4. The first-order valence-corrected chi connectivity index (χ1v) is 6.97. The Labute approximate surface area is 126 Å². The molecule has 114 valence electrons. The largest absolute Gasteiger partial charge is 0.481 e. The van der Waals surface area contributed by atoms with Crippen molar-refractivity contribution in [3.05, 3.63) is 41.8 Å². The summed E-state index contributed by atoms with van der Waals surface area (Å²) in [4.78, 5) is 29.4. The number of fused-ring (bicyclic) bond motifs is 1. The second-order valence-electron chi connectivity index (χ2n) is 5.90. The van der Waals surface area contributed by atoms with Crippen molar-refractivity contribution in [2.45, 2.75) is 13.3 Å². The van der Waals surface area contributed by atoms with Crippen LogP contribution in [-0.4, -0.2) is 40.0 Å². The van der Waals surface area contributed by atoms with E-state index in [0.717, 1.165) is 0 Å². The number of aromatic nitrogens is 1. The van der Waals surface area contributed by atoms with Crippen LogP contribution >= 0.6 is 0 Å². The summed E-state index contributed by atoms with van der Waals surface area (Å²) in [6.45, 7) is 2.20. The van der Waals surface area contributed by atoms with Crippen LogP contribution in [0.2, 0.25) is 0 Å². The number of pyridine rings is 1. The number of carbonyl (C=O) groups excluding carboxylic acids is 1. The number of rotatable bonds is 2. The maximum atomic E-state index is 13.3. The molecule has 0 bridgehead atoms. The van der Waals surface area contributed by atoms with Crippen LogP contribution in [0.5, 0.6) is 0 Å². The van der Waals surface area contributed by atoms with E-state index in [-0.39, 0.29) is 12.5 Å². The predicted molar refractivity (Wildman–Crippen MR) is 78.0 cm³/mol. The van der Waals surface area contributed by atoms with Gasteiger partial charge in [-0.15, -0.1) is 0 Å². The van der Waals surface area contributed by atoms with Crippen LogP contribution in [0.4, 0.5) is 4.39 Å². The van der Waals surface area contributed by atoms with Crippen molar-refractivity contribution < 1.29 is 19.1 Å². The number of halogens is 1. The summed E-state index contributed by atoms with van der Waals surface area (Å²) in [5.74, 6) is -1.57. The van der Waals surface area contributed by atoms with Gasteiger partial charge in [0.25, 0.3) is 5.91 Å². The lowest BCUT2D eigenvalue weighted by Crippen LogP contribution is -2.34. The summed E-state index contributed by atoms with van der Waals surface area (Å²) in [5, 5.41) is 9.77. The summed E-state index contributed by atoms with van der Waals surface area (Å²) in [6.07, 6.45) is 1.86. The highest BCUT2D eigenvalue weighted by atomic mass is 19.1. The summed E-state index contributed by atoms with van der Waals surface area (Å²) >= 11 is 0. The van der Waals surface area contributed by atoms with E-state index >= 15 is 0 Å². The van der Waals surface area contributed by atoms with Gasteiger partial charge in [0.15, 0.2) is 0 Å². The molecule has 0 spiro atoms. The van der Waals surface area contributed by atoms with E-state index in [4.69, 9.17) is 0 Å². The minimum Gasteiger partial charge on any atom is -0.481 e. The Morgan fingerprint density at radius 3 is 2.82 bits per heavy atom. The summed E-state index contributed by atoms with van der Waals surface area (Å²) in [7, 11) is 0. The minimum absolute atomic E-state index is 0.169. The number of benzene rings is 1. The zero-order chi connectivity index (χ0) is 15.9. The quantitative estimate of drug-likeness (QED) is 0.924. The number of carboxylic acid groups (broad SMARTS) is 1. The number of likely N-dealkylation sites (tertiary alicyclic amines) is 1. The summed E-state index contributed by atoms with van der Waals surface area (Å²) in [6, 6.07) is 5.78. The highest BCUT2D eigenvalue weighted by Gasteiger charge is 2.42. The third-order valence-electron chi connectivity index (χ3n) is 4.17. The average molecular weight is 302 g/mol. The van der Waals surface area contributed by atoms with Gasteiger partial charge in [-0.05, 0) is 37.6 Å². The van der Waals surface area contributed by atoms with Gasteiger partial charge in [-0.3, -0.25) is 14.6 Å². The Morgan fingerprint density at radius 2 is 2.14 bits per heavy atom. The standard InChI is InChI=1S/C16H15FN2O3/c1-16(15(21)22)4-5-19(9-16)14(20)11-6-10-7-12(17)2-3-13(10)18-8-11/h2-3,6-8H,4-5,9H2,1H3,(H,21,22). The fourth-order valence-corrected chi connectivity index (χ4v) is 2.71. The van der Waals surface area contributed by atoms with Crippen molar-refractivity contribution in [3.63, 3.8) is 0 Å². The molecule has 0 radical (unpaired) electrons. The topological polar surface area (TPSA) is 70.5 Å². The number of aliphatic carboxylic acids is 1. The van der Waals surface area contributed by atoms with Gasteiger partial charge in [0.1, 0.15) is 5.82 Å². The molecule has 1 fully saturated rings. The lowest BCUT2D eigenvalue weighted by molar-refractivity contribution is -0.147. The van der Waals surface area contributed by atoms with Gasteiger partial charge < -0.3 is 10.0 Å². The number of nitrogens with zero attached hydrogens (tertiary/aromatic N) is 2. The van der Waals surface area contributed by atoms with Crippen molar-refractivity contribution in [2.24, 2.45) is 5.41 Å². The Hall–Kier alpha value is -2.50. The van der Waals surface area contributed by atoms with E-state index in [2.05, 4.69) is 4.98 Å². The smallest absolute Gasteiger partial charge is 0.311 e. The molecule has 2 heterocycles. The van der Waals surface area contributed by atoms with Gasteiger partial charge >= 0.3 is 5.97 Å². The monoisotopic (exact) mass is 302 g/mol. The van der Waals surface area contributed by atoms with Crippen molar-refractivity contribution in [1.29, 1.82) is 0 Å². The van der Waals surface area contributed by atoms with Gasteiger partial charge in [-0.2, -0.15) is 0 Å². The van der Waals surface area contributed by atoms with Crippen LogP contribution in [0.15, 0.2) is 30.5 Å². The minimum atomic E-state index is -0.911. The average Bonchev–Trinajstić information content (AvgIpc) is 2.89. The van der Waals surface area contributed by atoms with Crippen LogP contribution in [0.1, 0.15) is 23.7 Å². The SMILES string of the molecule is CC1(C(=O)O)CCN(C(=O)c2cnc3ccc(F)cc3c2)C1. The normalized spacial score (nSPS) is 21.3. The second-order valence-corrected chi connectivity index (χ2v) is 5.90. The van der Waals surface area contributed by atoms with Crippen molar-refractivity contribution in [2.75, 3.05) is 13.1 Å². The van der Waals surface area contributed by atoms with Gasteiger partial charge in [0.05, 0.1) is 16.5 Å². The zero-order valence-corrected chi connectivity index (χ0v) is 12.0. The zero-order valence-electron chi connectivity index (χ0n) is 12.0. The van der Waals surface area contributed by atoms with E-state index < -0.39 is 17.2 Å². The molecule has 0 saturated carbocycles. The molecule has 1 unspecified atom stereocenters. The molecular weight excluding hydrogens is 287 g/mol. The van der Waals surface area contributed by atoms with Crippen LogP contribution in [0, 0.1) is 11.2 Å². The van der Waals surface area contributed by atoms with Crippen molar-refractivity contribution in [3.8, 4) is 0 Å². The first-order valence-electron chi connectivity index (χ1n) is 6.97. The number of hydrogen-bond acceptors (Lipinski definition) is 3. The van der Waals surface area contributed by atoms with Crippen LogP contribution in [0.25, 0.3) is 10.9 Å². The third-order valence-corrected chi connectivity index (χ3v) is 4.17. The van der Waals surface area contributed by atoms with Gasteiger partial charge in [-0.25, -0.2) is 4.39 Å². The lowest BCUT2D eigenvalue weighted by atomic mass is 9.90. The highest BCUT2D eigenvalue weighted by molar-refractivity contribution is 5.97.